The third-order valence-electron chi connectivity index (χ3n) is 5.73. The van der Waals surface area contributed by atoms with Crippen molar-refractivity contribution in [2.24, 2.45) is 5.92 Å². The first-order chi connectivity index (χ1) is 13.1. The Balaban J connectivity index is 1.78. The number of anilines is 1. The molecule has 134 valence electrons. The van der Waals surface area contributed by atoms with Gasteiger partial charge in [-0.2, -0.15) is 0 Å². The van der Waals surface area contributed by atoms with E-state index in [-0.39, 0.29) is 11.8 Å². The van der Waals surface area contributed by atoms with E-state index in [9.17, 15) is 4.79 Å². The van der Waals surface area contributed by atoms with E-state index in [0.29, 0.717) is 17.4 Å². The maximum atomic E-state index is 13.1. The van der Waals surface area contributed by atoms with E-state index >= 15 is 0 Å². The topological polar surface area (TPSA) is 29.1 Å². The van der Waals surface area contributed by atoms with Crippen LogP contribution in [0.15, 0.2) is 66.2 Å². The molecule has 3 heteroatoms. The van der Waals surface area contributed by atoms with Gasteiger partial charge in [-0.05, 0) is 52.4 Å². The van der Waals surface area contributed by atoms with Gasteiger partial charge in [0.15, 0.2) is 5.78 Å². The Morgan fingerprint density at radius 1 is 0.963 bits per heavy atom. The fourth-order valence-electron chi connectivity index (χ4n) is 4.55. The number of halogens is 1. The van der Waals surface area contributed by atoms with Crippen LogP contribution in [0, 0.1) is 5.92 Å². The first-order valence-electron chi connectivity index (χ1n) is 9.42. The van der Waals surface area contributed by atoms with Gasteiger partial charge in [0, 0.05) is 28.3 Å². The summed E-state index contributed by atoms with van der Waals surface area (Å²) in [5.74, 6) is 0.627. The fraction of sp³-hybridized carbons (Fsp3) is 0.208. The zero-order valence-electron chi connectivity index (χ0n) is 15.1. The van der Waals surface area contributed by atoms with Gasteiger partial charge < -0.3 is 5.32 Å². The van der Waals surface area contributed by atoms with Crippen LogP contribution in [0.5, 0.6) is 0 Å². The number of hydrogen-bond donors (Lipinski definition) is 1. The van der Waals surface area contributed by atoms with Crippen LogP contribution in [-0.4, -0.2) is 5.78 Å². The summed E-state index contributed by atoms with van der Waals surface area (Å²) >= 11 is 6.08. The Hall–Kier alpha value is -2.58. The lowest BCUT2D eigenvalue weighted by molar-refractivity contribution is -0.116. The summed E-state index contributed by atoms with van der Waals surface area (Å²) < 4.78 is 0. The number of benzene rings is 3. The second-order valence-corrected chi connectivity index (χ2v) is 8.10. The number of carbonyl (C=O) groups excluding carboxylic acids is 1. The lowest BCUT2D eigenvalue weighted by Gasteiger charge is -2.36. The minimum absolute atomic E-state index is 0.120. The minimum atomic E-state index is -0.120. The smallest absolute Gasteiger partial charge is 0.161 e. The largest absolute Gasteiger partial charge is 0.373 e. The molecule has 0 aromatic heterocycles. The zero-order valence-corrected chi connectivity index (χ0v) is 15.9. The Morgan fingerprint density at radius 3 is 2.56 bits per heavy atom. The van der Waals surface area contributed by atoms with Crippen LogP contribution < -0.4 is 5.32 Å². The van der Waals surface area contributed by atoms with Crippen LogP contribution in [0.2, 0.25) is 5.02 Å². The monoisotopic (exact) mass is 373 g/mol. The van der Waals surface area contributed by atoms with Gasteiger partial charge in [0.25, 0.3) is 0 Å². The van der Waals surface area contributed by atoms with E-state index in [4.69, 9.17) is 11.6 Å². The van der Waals surface area contributed by atoms with Crippen molar-refractivity contribution < 1.29 is 4.79 Å². The SMILES string of the molecule is C[C@H]1CC(=O)C2=C(C1)c1c(ccc3ccccc13)N[C@@H]2c1ccc(Cl)cc1. The third-order valence-corrected chi connectivity index (χ3v) is 5.99. The predicted molar refractivity (Wildman–Crippen MR) is 112 cm³/mol. The standard InChI is InChI=1S/C24H20ClNO/c1-14-12-19-22-18-5-3-2-4-15(18)8-11-20(22)26-24(23(19)21(27)13-14)16-6-9-17(25)10-7-16/h2-11,14,24,26H,12-13H2,1H3/t14-,24-/m1/s1. The zero-order chi connectivity index (χ0) is 18.5. The van der Waals surface area contributed by atoms with E-state index < -0.39 is 0 Å². The number of Topliss-reactive ketones (excluding diaryl/α,β-unsaturated/α-hetero) is 1. The number of hydrogen-bond acceptors (Lipinski definition) is 2. The molecule has 2 aliphatic rings. The van der Waals surface area contributed by atoms with Crippen molar-refractivity contribution in [1.82, 2.24) is 0 Å². The highest BCUT2D eigenvalue weighted by Gasteiger charge is 2.36. The normalized spacial score (nSPS) is 21.6. The van der Waals surface area contributed by atoms with Crippen molar-refractivity contribution >= 4 is 39.4 Å². The summed E-state index contributed by atoms with van der Waals surface area (Å²) in [6.45, 7) is 2.17. The van der Waals surface area contributed by atoms with Crippen molar-refractivity contribution in [2.45, 2.75) is 25.8 Å². The summed E-state index contributed by atoms with van der Waals surface area (Å²) in [4.78, 5) is 13.1. The number of fused-ring (bicyclic) bond motifs is 4. The third kappa shape index (κ3) is 2.67. The second-order valence-electron chi connectivity index (χ2n) is 7.67. The molecular formula is C24H20ClNO. The van der Waals surface area contributed by atoms with Crippen molar-refractivity contribution in [2.75, 3.05) is 5.32 Å². The fourth-order valence-corrected chi connectivity index (χ4v) is 4.67. The highest BCUT2D eigenvalue weighted by atomic mass is 35.5. The van der Waals surface area contributed by atoms with E-state index in [1.54, 1.807) is 0 Å². The van der Waals surface area contributed by atoms with E-state index in [1.807, 2.05) is 24.3 Å². The number of ketones is 1. The number of nitrogens with one attached hydrogen (secondary N) is 1. The molecule has 2 atom stereocenters. The molecule has 0 spiro atoms. The molecular weight excluding hydrogens is 354 g/mol. The molecule has 2 nitrogen and oxygen atoms in total. The Morgan fingerprint density at radius 2 is 1.74 bits per heavy atom. The number of carbonyl (C=O) groups is 1. The average Bonchev–Trinajstić information content (AvgIpc) is 2.67. The van der Waals surface area contributed by atoms with Crippen molar-refractivity contribution in [3.8, 4) is 0 Å². The van der Waals surface area contributed by atoms with Crippen molar-refractivity contribution in [3.63, 3.8) is 0 Å². The van der Waals surface area contributed by atoms with Crippen LogP contribution in [0.4, 0.5) is 5.69 Å². The quantitative estimate of drug-likeness (QED) is 0.533. The van der Waals surface area contributed by atoms with Gasteiger partial charge in [-0.3, -0.25) is 4.79 Å². The minimum Gasteiger partial charge on any atom is -0.373 e. The molecule has 0 bridgehead atoms. The summed E-state index contributed by atoms with van der Waals surface area (Å²) in [6.07, 6.45) is 1.55. The van der Waals surface area contributed by atoms with Crippen LogP contribution in [0.3, 0.4) is 0 Å². The summed E-state index contributed by atoms with van der Waals surface area (Å²) in [5, 5.41) is 6.78. The molecule has 0 radical (unpaired) electrons. The maximum Gasteiger partial charge on any atom is 0.161 e. The molecule has 0 fully saturated rings. The van der Waals surface area contributed by atoms with Gasteiger partial charge in [0.1, 0.15) is 0 Å². The van der Waals surface area contributed by atoms with Gasteiger partial charge >= 0.3 is 0 Å². The van der Waals surface area contributed by atoms with E-state index in [0.717, 1.165) is 23.2 Å². The molecule has 0 amide bonds. The van der Waals surface area contributed by atoms with Crippen LogP contribution in [-0.2, 0) is 4.79 Å². The summed E-state index contributed by atoms with van der Waals surface area (Å²) in [5.41, 5.74) is 5.53. The molecule has 1 aliphatic heterocycles. The Labute approximate surface area is 163 Å². The lowest BCUT2D eigenvalue weighted by atomic mass is 9.74. The van der Waals surface area contributed by atoms with Crippen molar-refractivity contribution in [1.29, 1.82) is 0 Å². The maximum absolute atomic E-state index is 13.1. The first-order valence-corrected chi connectivity index (χ1v) is 9.80. The summed E-state index contributed by atoms with van der Waals surface area (Å²) in [7, 11) is 0. The van der Waals surface area contributed by atoms with Gasteiger partial charge in [0.2, 0.25) is 0 Å². The van der Waals surface area contributed by atoms with E-state index in [2.05, 4.69) is 48.6 Å². The van der Waals surface area contributed by atoms with E-state index in [1.165, 1.54) is 21.9 Å². The Bertz CT molecular complexity index is 1100. The molecule has 5 rings (SSSR count). The predicted octanol–water partition coefficient (Wildman–Crippen LogP) is 6.41. The number of rotatable bonds is 1. The molecule has 3 aromatic rings. The molecule has 0 unspecified atom stereocenters. The molecule has 0 saturated heterocycles. The average molecular weight is 374 g/mol. The van der Waals surface area contributed by atoms with Crippen LogP contribution >= 0.6 is 11.6 Å². The van der Waals surface area contributed by atoms with Gasteiger partial charge in [-0.25, -0.2) is 0 Å². The second kappa shape index (κ2) is 6.24. The van der Waals surface area contributed by atoms with Crippen molar-refractivity contribution in [3.05, 3.63) is 82.4 Å². The number of allylic oxidation sites excluding steroid dienone is 1. The molecule has 1 aliphatic carbocycles. The summed E-state index contributed by atoms with van der Waals surface area (Å²) in [6, 6.07) is 20.4. The van der Waals surface area contributed by atoms with Crippen LogP contribution in [0.1, 0.15) is 36.9 Å². The molecule has 1 N–H and O–H groups in total. The lowest BCUT2D eigenvalue weighted by Crippen LogP contribution is -2.29. The van der Waals surface area contributed by atoms with Gasteiger partial charge in [-0.15, -0.1) is 0 Å². The van der Waals surface area contributed by atoms with Gasteiger partial charge in [-0.1, -0.05) is 61.0 Å². The highest BCUT2D eigenvalue weighted by Crippen LogP contribution is 2.49. The Kier molecular flexibility index (Phi) is 3.84. The molecule has 27 heavy (non-hydrogen) atoms. The molecule has 1 heterocycles. The van der Waals surface area contributed by atoms with Crippen LogP contribution in [0.25, 0.3) is 16.3 Å². The molecule has 0 saturated carbocycles. The molecule has 3 aromatic carbocycles. The highest BCUT2D eigenvalue weighted by molar-refractivity contribution is 6.30. The first kappa shape index (κ1) is 16.6. The van der Waals surface area contributed by atoms with Gasteiger partial charge in [0.05, 0.1) is 6.04 Å².